The van der Waals surface area contributed by atoms with Gasteiger partial charge in [-0.05, 0) is 12.5 Å². The minimum absolute atomic E-state index is 0.0413. The number of imidazole rings is 1. The summed E-state index contributed by atoms with van der Waals surface area (Å²) in [7, 11) is 1.59. The molecule has 0 aliphatic heterocycles. The molecule has 0 amide bonds. The van der Waals surface area contributed by atoms with Crippen LogP contribution in [0.1, 0.15) is 24.4 Å². The van der Waals surface area contributed by atoms with Crippen molar-refractivity contribution in [1.82, 2.24) is 19.5 Å². The van der Waals surface area contributed by atoms with E-state index in [0.717, 1.165) is 22.6 Å². The number of anilines is 1. The molecule has 7 heteroatoms. The van der Waals surface area contributed by atoms with Crippen LogP contribution in [0.15, 0.2) is 23.7 Å². The predicted molar refractivity (Wildman–Crippen MR) is 79.0 cm³/mol. The number of hydrogen-bond donors (Lipinski definition) is 1. The minimum Gasteiger partial charge on any atom is -0.481 e. The van der Waals surface area contributed by atoms with Crippen molar-refractivity contribution in [2.75, 3.05) is 12.8 Å². The van der Waals surface area contributed by atoms with Crippen LogP contribution in [0.25, 0.3) is 11.2 Å². The fourth-order valence-electron chi connectivity index (χ4n) is 2.26. The number of fused-ring (bicyclic) bond motifs is 1. The van der Waals surface area contributed by atoms with Crippen molar-refractivity contribution < 1.29 is 4.74 Å². The summed E-state index contributed by atoms with van der Waals surface area (Å²) >= 11 is 1.61. The van der Waals surface area contributed by atoms with Gasteiger partial charge in [-0.3, -0.25) is 4.57 Å². The summed E-state index contributed by atoms with van der Waals surface area (Å²) < 4.78 is 7.11. The monoisotopic (exact) mass is 289 g/mol. The highest BCUT2D eigenvalue weighted by Crippen LogP contribution is 2.30. The maximum Gasteiger partial charge on any atom is 0.215 e. The fraction of sp³-hybridized carbons (Fsp3) is 0.308. The zero-order chi connectivity index (χ0) is 14.1. The number of pyridine rings is 1. The molecular formula is C13H15N5OS. The number of rotatable bonds is 4. The van der Waals surface area contributed by atoms with Gasteiger partial charge in [0.2, 0.25) is 11.8 Å². The highest BCUT2D eigenvalue weighted by atomic mass is 32.1. The Morgan fingerprint density at radius 1 is 1.40 bits per heavy atom. The summed E-state index contributed by atoms with van der Waals surface area (Å²) in [6.07, 6.45) is 2.66. The maximum atomic E-state index is 6.08. The molecule has 3 rings (SSSR count). The van der Waals surface area contributed by atoms with Crippen LogP contribution in [-0.2, 0) is 0 Å². The van der Waals surface area contributed by atoms with Crippen LogP contribution < -0.4 is 10.5 Å². The summed E-state index contributed by atoms with van der Waals surface area (Å²) in [5.74, 6) is 0.996. The van der Waals surface area contributed by atoms with Crippen molar-refractivity contribution in [2.45, 2.75) is 19.4 Å². The van der Waals surface area contributed by atoms with Crippen LogP contribution in [-0.4, -0.2) is 26.6 Å². The van der Waals surface area contributed by atoms with Crippen LogP contribution in [0.3, 0.4) is 0 Å². The van der Waals surface area contributed by atoms with E-state index in [1.807, 2.05) is 16.0 Å². The Labute approximate surface area is 120 Å². The molecule has 1 unspecified atom stereocenters. The molecule has 3 heterocycles. The Hall–Kier alpha value is -2.15. The van der Waals surface area contributed by atoms with Gasteiger partial charge < -0.3 is 10.5 Å². The number of hydrogen-bond acceptors (Lipinski definition) is 6. The molecule has 20 heavy (non-hydrogen) atoms. The largest absolute Gasteiger partial charge is 0.481 e. The third-order valence-electron chi connectivity index (χ3n) is 3.18. The predicted octanol–water partition coefficient (Wildman–Crippen LogP) is 2.48. The van der Waals surface area contributed by atoms with E-state index in [-0.39, 0.29) is 6.04 Å². The standard InChI is InChI=1S/C13H15N5OS/c1-3-9(12-15-6-7-20-12)18-11-8(16-13(18)14)4-5-10(17-11)19-2/h4-7,9H,3H2,1-2H3,(H2,14,16). The van der Waals surface area contributed by atoms with E-state index >= 15 is 0 Å². The van der Waals surface area contributed by atoms with Crippen LogP contribution in [0.4, 0.5) is 5.95 Å². The average molecular weight is 289 g/mol. The molecule has 3 aromatic heterocycles. The van der Waals surface area contributed by atoms with Gasteiger partial charge in [0.1, 0.15) is 10.5 Å². The molecule has 0 fully saturated rings. The molecule has 0 radical (unpaired) electrons. The molecule has 0 spiro atoms. The fourth-order valence-corrected chi connectivity index (χ4v) is 3.07. The van der Waals surface area contributed by atoms with Crippen molar-refractivity contribution in [3.63, 3.8) is 0 Å². The quantitative estimate of drug-likeness (QED) is 0.798. The Bertz CT molecular complexity index is 722. The van der Waals surface area contributed by atoms with Crippen molar-refractivity contribution >= 4 is 28.4 Å². The van der Waals surface area contributed by atoms with E-state index in [9.17, 15) is 0 Å². The van der Waals surface area contributed by atoms with E-state index in [1.165, 1.54) is 0 Å². The number of nitrogens with two attached hydrogens (primary N) is 1. The van der Waals surface area contributed by atoms with Gasteiger partial charge in [0.15, 0.2) is 5.65 Å². The normalized spacial score (nSPS) is 12.7. The molecule has 2 N–H and O–H groups in total. The van der Waals surface area contributed by atoms with Gasteiger partial charge in [-0.2, -0.15) is 4.98 Å². The van der Waals surface area contributed by atoms with Gasteiger partial charge in [0.05, 0.1) is 13.2 Å². The number of ether oxygens (including phenoxy) is 1. The molecule has 0 aliphatic rings. The van der Waals surface area contributed by atoms with Crippen LogP contribution in [0.5, 0.6) is 5.88 Å². The second-order valence-electron chi connectivity index (χ2n) is 4.33. The smallest absolute Gasteiger partial charge is 0.215 e. The Morgan fingerprint density at radius 2 is 2.25 bits per heavy atom. The summed E-state index contributed by atoms with van der Waals surface area (Å²) in [6, 6.07) is 3.69. The van der Waals surface area contributed by atoms with E-state index in [0.29, 0.717) is 11.8 Å². The molecule has 0 bridgehead atoms. The second-order valence-corrected chi connectivity index (χ2v) is 5.26. The van der Waals surface area contributed by atoms with Crippen molar-refractivity contribution in [2.24, 2.45) is 0 Å². The Kier molecular flexibility index (Phi) is 3.27. The number of nitrogens with zero attached hydrogens (tertiary/aromatic N) is 4. The molecule has 0 aromatic carbocycles. The van der Waals surface area contributed by atoms with Crippen LogP contribution in [0.2, 0.25) is 0 Å². The molecule has 104 valence electrons. The summed E-state index contributed by atoms with van der Waals surface area (Å²) in [5.41, 5.74) is 7.56. The Morgan fingerprint density at radius 3 is 2.90 bits per heavy atom. The number of aromatic nitrogens is 4. The van der Waals surface area contributed by atoms with Crippen LogP contribution in [0, 0.1) is 0 Å². The van der Waals surface area contributed by atoms with Crippen molar-refractivity contribution in [3.8, 4) is 5.88 Å². The highest BCUT2D eigenvalue weighted by molar-refractivity contribution is 7.09. The first-order valence-corrected chi connectivity index (χ1v) is 7.20. The molecule has 0 saturated heterocycles. The van der Waals surface area contributed by atoms with Crippen molar-refractivity contribution in [3.05, 3.63) is 28.7 Å². The zero-order valence-electron chi connectivity index (χ0n) is 11.3. The van der Waals surface area contributed by atoms with Crippen LogP contribution >= 0.6 is 11.3 Å². The van der Waals surface area contributed by atoms with Gasteiger partial charge in [0.25, 0.3) is 0 Å². The molecule has 0 saturated carbocycles. The van der Waals surface area contributed by atoms with Crippen molar-refractivity contribution in [1.29, 1.82) is 0 Å². The lowest BCUT2D eigenvalue weighted by Crippen LogP contribution is -2.13. The lowest BCUT2D eigenvalue weighted by molar-refractivity contribution is 0.398. The summed E-state index contributed by atoms with van der Waals surface area (Å²) in [5, 5.41) is 2.96. The summed E-state index contributed by atoms with van der Waals surface area (Å²) in [6.45, 7) is 2.09. The van der Waals surface area contributed by atoms with E-state index in [2.05, 4.69) is 21.9 Å². The van der Waals surface area contributed by atoms with Gasteiger partial charge in [-0.1, -0.05) is 6.92 Å². The van der Waals surface area contributed by atoms with E-state index < -0.39 is 0 Å². The van der Waals surface area contributed by atoms with Gasteiger partial charge >= 0.3 is 0 Å². The first-order valence-electron chi connectivity index (χ1n) is 6.32. The minimum atomic E-state index is 0.0413. The molecule has 0 aliphatic carbocycles. The van der Waals surface area contributed by atoms with E-state index in [1.54, 1.807) is 30.7 Å². The van der Waals surface area contributed by atoms with Gasteiger partial charge in [0, 0.05) is 17.6 Å². The SMILES string of the molecule is CCC(c1nccs1)n1c(N)nc2ccc(OC)nc21. The topological polar surface area (TPSA) is 78.9 Å². The average Bonchev–Trinajstić information content (AvgIpc) is 3.08. The first kappa shape index (κ1) is 12.9. The third-order valence-corrected chi connectivity index (χ3v) is 4.06. The third kappa shape index (κ3) is 2.00. The highest BCUT2D eigenvalue weighted by Gasteiger charge is 2.21. The molecule has 3 aromatic rings. The van der Waals surface area contributed by atoms with Gasteiger partial charge in [-0.15, -0.1) is 11.3 Å². The Balaban J connectivity index is 2.20. The first-order chi connectivity index (χ1) is 9.74. The molecule has 6 nitrogen and oxygen atoms in total. The van der Waals surface area contributed by atoms with E-state index in [4.69, 9.17) is 10.5 Å². The molecular weight excluding hydrogens is 274 g/mol. The zero-order valence-corrected chi connectivity index (χ0v) is 12.1. The lowest BCUT2D eigenvalue weighted by Gasteiger charge is -2.16. The number of thiazole rings is 1. The maximum absolute atomic E-state index is 6.08. The van der Waals surface area contributed by atoms with Gasteiger partial charge in [-0.25, -0.2) is 9.97 Å². The summed E-state index contributed by atoms with van der Waals surface area (Å²) in [4.78, 5) is 13.2. The number of nitrogen functional groups attached to an aromatic ring is 1. The number of methoxy groups -OCH3 is 1. The molecule has 1 atom stereocenters. The lowest BCUT2D eigenvalue weighted by atomic mass is 10.2. The second kappa shape index (κ2) is 5.09.